The second-order valence-electron chi connectivity index (χ2n) is 7.60. The van der Waals surface area contributed by atoms with Crippen molar-refractivity contribution >= 4 is 22.6 Å². The minimum Gasteiger partial charge on any atom is -0.496 e. The zero-order chi connectivity index (χ0) is 20.6. The highest BCUT2D eigenvalue weighted by Crippen LogP contribution is 2.43. The van der Waals surface area contributed by atoms with E-state index in [1.54, 1.807) is 14.2 Å². The summed E-state index contributed by atoms with van der Waals surface area (Å²) in [5.74, 6) is 2.41. The van der Waals surface area contributed by atoms with Crippen LogP contribution in [0.1, 0.15) is 61.6 Å². The lowest BCUT2D eigenvalue weighted by atomic mass is 9.78. The molecule has 2 nitrogen and oxygen atoms in total. The Hall–Kier alpha value is -1.23. The van der Waals surface area contributed by atoms with Crippen LogP contribution < -0.4 is 9.47 Å². The fraction of sp³-hybridized carbons (Fsp3) is 0.500. The molecule has 27 heavy (non-hydrogen) atoms. The third-order valence-corrected chi connectivity index (χ3v) is 7.37. The lowest BCUT2D eigenvalue weighted by molar-refractivity contribution is 0.407. The van der Waals surface area contributed by atoms with Gasteiger partial charge in [-0.25, -0.2) is 0 Å². The summed E-state index contributed by atoms with van der Waals surface area (Å²) in [5, 5.41) is 0. The van der Waals surface area contributed by atoms with Crippen molar-refractivity contribution in [1.29, 1.82) is 0 Å². The molecule has 2 aromatic rings. The van der Waals surface area contributed by atoms with E-state index < -0.39 is 0 Å². The van der Waals surface area contributed by atoms with Crippen molar-refractivity contribution in [3.63, 3.8) is 0 Å². The summed E-state index contributed by atoms with van der Waals surface area (Å²) < 4.78 is 12.5. The molecule has 0 radical (unpaired) electrons. The van der Waals surface area contributed by atoms with Crippen LogP contribution in [0.15, 0.2) is 0 Å². The Morgan fingerprint density at radius 2 is 0.815 bits per heavy atom. The van der Waals surface area contributed by atoms with Crippen molar-refractivity contribution in [3.8, 4) is 11.5 Å². The number of hydrogen-bond donors (Lipinski definition) is 0. The minimum absolute atomic E-state index is 0.359. The lowest BCUT2D eigenvalue weighted by Crippen LogP contribution is -2.15. The van der Waals surface area contributed by atoms with E-state index in [0.717, 1.165) is 15.9 Å². The van der Waals surface area contributed by atoms with E-state index in [0.29, 0.717) is 5.92 Å². The summed E-state index contributed by atoms with van der Waals surface area (Å²) in [5.41, 5.74) is 13.3. The largest absolute Gasteiger partial charge is 0.496 e. The Morgan fingerprint density at radius 3 is 1.00 bits per heavy atom. The van der Waals surface area contributed by atoms with Gasteiger partial charge in [0.15, 0.2) is 0 Å². The number of halogens is 1. The molecule has 2 aromatic carbocycles. The van der Waals surface area contributed by atoms with E-state index in [1.807, 2.05) is 0 Å². The highest BCUT2D eigenvalue weighted by atomic mass is 127. The van der Waals surface area contributed by atoms with Gasteiger partial charge < -0.3 is 9.47 Å². The predicted molar refractivity (Wildman–Crippen MR) is 125 cm³/mol. The number of methoxy groups -OCH3 is 2. The van der Waals surface area contributed by atoms with Crippen molar-refractivity contribution in [2.24, 2.45) is 0 Å². The topological polar surface area (TPSA) is 18.5 Å². The Bertz CT molecular complexity index is 751. The number of benzene rings is 2. The van der Waals surface area contributed by atoms with Crippen LogP contribution in [0.25, 0.3) is 0 Å². The van der Waals surface area contributed by atoms with Crippen LogP contribution in [0.3, 0.4) is 0 Å². The van der Waals surface area contributed by atoms with Crippen molar-refractivity contribution in [2.75, 3.05) is 18.6 Å². The normalized spacial score (nSPS) is 11.3. The molecule has 0 aromatic heterocycles. The average Bonchev–Trinajstić information content (AvgIpc) is 2.64. The fourth-order valence-electron chi connectivity index (χ4n) is 4.57. The highest BCUT2D eigenvalue weighted by Gasteiger charge is 2.27. The SMILES string of the molecule is COc1c(C)c(C)c(C(CI)c2c(C)c(C)c(OC)c(C)c2C)c(C)c1C. The summed E-state index contributed by atoms with van der Waals surface area (Å²) in [7, 11) is 3.54. The molecule has 0 aliphatic carbocycles. The second kappa shape index (κ2) is 8.42. The maximum atomic E-state index is 5.71. The van der Waals surface area contributed by atoms with Gasteiger partial charge in [0, 0.05) is 10.3 Å². The monoisotopic (exact) mass is 480 g/mol. The number of hydrogen-bond acceptors (Lipinski definition) is 2. The van der Waals surface area contributed by atoms with Crippen molar-refractivity contribution < 1.29 is 9.47 Å². The molecular weight excluding hydrogens is 447 g/mol. The van der Waals surface area contributed by atoms with E-state index >= 15 is 0 Å². The molecule has 0 unspecified atom stereocenters. The Labute approximate surface area is 178 Å². The minimum atomic E-state index is 0.359. The summed E-state index contributed by atoms with van der Waals surface area (Å²) in [4.78, 5) is 0. The number of alkyl halides is 1. The maximum Gasteiger partial charge on any atom is 0.125 e. The lowest BCUT2D eigenvalue weighted by Gasteiger charge is -2.29. The summed E-state index contributed by atoms with van der Waals surface area (Å²) >= 11 is 2.54. The maximum absolute atomic E-state index is 5.71. The van der Waals surface area contributed by atoms with Crippen molar-refractivity contribution in [3.05, 3.63) is 55.6 Å². The Morgan fingerprint density at radius 1 is 0.556 bits per heavy atom. The predicted octanol–water partition coefficient (Wildman–Crippen LogP) is 6.74. The van der Waals surface area contributed by atoms with Gasteiger partial charge >= 0.3 is 0 Å². The zero-order valence-electron chi connectivity index (χ0n) is 18.5. The molecule has 3 heteroatoms. The molecule has 0 saturated carbocycles. The first-order valence-corrected chi connectivity index (χ1v) is 11.0. The first-order chi connectivity index (χ1) is 12.6. The van der Waals surface area contributed by atoms with Crippen LogP contribution in [-0.4, -0.2) is 18.6 Å². The standard InChI is InChI=1S/C24H33IO2/c1-12-16(5)23(26-9)17(6)13(2)21(12)20(11-25)22-14(3)18(7)24(27-10)19(8)15(22)4/h20H,11H2,1-10H3. The molecule has 0 N–H and O–H groups in total. The van der Waals surface area contributed by atoms with Crippen LogP contribution in [0.2, 0.25) is 0 Å². The van der Waals surface area contributed by atoms with Gasteiger partial charge in [0.1, 0.15) is 11.5 Å². The quantitative estimate of drug-likeness (QED) is 0.349. The van der Waals surface area contributed by atoms with E-state index in [1.165, 1.54) is 55.6 Å². The Kier molecular flexibility index (Phi) is 6.88. The highest BCUT2D eigenvalue weighted by molar-refractivity contribution is 14.1. The number of ether oxygens (including phenoxy) is 2. The summed E-state index contributed by atoms with van der Waals surface area (Å²) in [6.45, 7) is 17.7. The third kappa shape index (κ3) is 3.48. The van der Waals surface area contributed by atoms with E-state index in [-0.39, 0.29) is 0 Å². The molecule has 148 valence electrons. The molecule has 0 aliphatic rings. The molecule has 0 saturated heterocycles. The smallest absolute Gasteiger partial charge is 0.125 e. The molecule has 0 aliphatic heterocycles. The van der Waals surface area contributed by atoms with Crippen LogP contribution in [0, 0.1) is 55.4 Å². The first-order valence-electron chi connectivity index (χ1n) is 9.48. The van der Waals surface area contributed by atoms with Gasteiger partial charge in [-0.05, 0) is 111 Å². The van der Waals surface area contributed by atoms with Gasteiger partial charge in [0.25, 0.3) is 0 Å². The van der Waals surface area contributed by atoms with Gasteiger partial charge in [-0.1, -0.05) is 22.6 Å². The van der Waals surface area contributed by atoms with Crippen LogP contribution in [0.5, 0.6) is 11.5 Å². The fourth-order valence-corrected chi connectivity index (χ4v) is 5.45. The Balaban J connectivity index is 2.89. The van der Waals surface area contributed by atoms with Gasteiger partial charge in [0.2, 0.25) is 0 Å². The summed E-state index contributed by atoms with van der Waals surface area (Å²) in [6.07, 6.45) is 0. The molecular formula is C24H33IO2. The zero-order valence-corrected chi connectivity index (χ0v) is 20.6. The van der Waals surface area contributed by atoms with Crippen LogP contribution in [0.4, 0.5) is 0 Å². The molecule has 2 rings (SSSR count). The molecule has 0 heterocycles. The first kappa shape index (κ1) is 22.1. The van der Waals surface area contributed by atoms with E-state index in [9.17, 15) is 0 Å². The third-order valence-electron chi connectivity index (χ3n) is 6.49. The van der Waals surface area contributed by atoms with Gasteiger partial charge in [-0.2, -0.15) is 0 Å². The number of rotatable bonds is 5. The van der Waals surface area contributed by atoms with E-state index in [2.05, 4.69) is 78.0 Å². The molecule has 0 amide bonds. The second-order valence-corrected chi connectivity index (χ2v) is 8.48. The molecule has 0 atom stereocenters. The van der Waals surface area contributed by atoms with Gasteiger partial charge in [-0.15, -0.1) is 0 Å². The molecule has 0 fully saturated rings. The van der Waals surface area contributed by atoms with Gasteiger partial charge in [0.05, 0.1) is 14.2 Å². The van der Waals surface area contributed by atoms with Crippen molar-refractivity contribution in [1.82, 2.24) is 0 Å². The molecule has 0 spiro atoms. The van der Waals surface area contributed by atoms with E-state index in [4.69, 9.17) is 9.47 Å². The van der Waals surface area contributed by atoms with Crippen LogP contribution >= 0.6 is 22.6 Å². The summed E-state index contributed by atoms with van der Waals surface area (Å²) in [6, 6.07) is 0. The van der Waals surface area contributed by atoms with Crippen molar-refractivity contribution in [2.45, 2.75) is 61.3 Å². The van der Waals surface area contributed by atoms with Crippen LogP contribution in [-0.2, 0) is 0 Å². The average molecular weight is 480 g/mol. The van der Waals surface area contributed by atoms with Gasteiger partial charge in [-0.3, -0.25) is 0 Å². The molecule has 0 bridgehead atoms.